The number of aryl methyl sites for hydroxylation is 4. The summed E-state index contributed by atoms with van der Waals surface area (Å²) in [5.41, 5.74) is 8.31. The van der Waals surface area contributed by atoms with Crippen LogP contribution in [0.25, 0.3) is 0 Å². The van der Waals surface area contributed by atoms with E-state index in [1.807, 2.05) is 93.5 Å². The van der Waals surface area contributed by atoms with Gasteiger partial charge in [0.15, 0.2) is 0 Å². The first-order valence-electron chi connectivity index (χ1n) is 28.3. The number of halogens is 4. The van der Waals surface area contributed by atoms with Gasteiger partial charge in [-0.3, -0.25) is 19.2 Å². The largest absolute Gasteiger partial charge is 0.353 e. The zero-order valence-electron chi connectivity index (χ0n) is 47.7. The standard InChI is InChI=1S/2C16H23FN2O.2C15H21FN2O/c2*1-10(2)16(20)19-13-6-7-18-15(9-13)14-5-4-12(17)8-11(14)3;2*1-3-15(19)18-12-6-7-17-14(9-12)13-5-4-11(16)8-10(13)2/h2*4-5,8,10,13,15,18H,6-7,9H2,1-3H3,(H,19,20);2*4-5,8,12,14,17H,3,6-7,9H2,1-2H3,(H,18,19)/t13-,15+;13-,15-;12-,14+;12-,14-/m1101/s1. The van der Waals surface area contributed by atoms with Crippen molar-refractivity contribution in [2.24, 2.45) is 11.8 Å². The maximum absolute atomic E-state index is 13.2. The molecule has 4 aromatic rings. The van der Waals surface area contributed by atoms with Gasteiger partial charge in [-0.25, -0.2) is 17.6 Å². The van der Waals surface area contributed by atoms with Gasteiger partial charge in [-0.1, -0.05) is 65.8 Å². The zero-order chi connectivity index (χ0) is 57.1. The topological polar surface area (TPSA) is 165 Å². The molecule has 8 rings (SSSR count). The summed E-state index contributed by atoms with van der Waals surface area (Å²) in [5.74, 6) is -0.382. The average Bonchev–Trinajstić information content (AvgIpc) is 3.44. The molecule has 0 radical (unpaired) electrons. The van der Waals surface area contributed by atoms with Gasteiger partial charge in [0.05, 0.1) is 0 Å². The van der Waals surface area contributed by atoms with E-state index < -0.39 is 0 Å². The highest BCUT2D eigenvalue weighted by Gasteiger charge is 2.29. The fourth-order valence-electron chi connectivity index (χ4n) is 10.7. The van der Waals surface area contributed by atoms with Gasteiger partial charge in [-0.2, -0.15) is 0 Å². The number of rotatable bonds is 12. The lowest BCUT2D eigenvalue weighted by molar-refractivity contribution is -0.125. The van der Waals surface area contributed by atoms with E-state index in [4.69, 9.17) is 0 Å². The van der Waals surface area contributed by atoms with Crippen LogP contribution in [-0.4, -0.2) is 74.0 Å². The maximum atomic E-state index is 13.2. The Balaban J connectivity index is 0.000000192. The van der Waals surface area contributed by atoms with Gasteiger partial charge >= 0.3 is 0 Å². The summed E-state index contributed by atoms with van der Waals surface area (Å²) in [4.78, 5) is 46.5. The molecule has 4 fully saturated rings. The Labute approximate surface area is 461 Å². The molecular formula is C62H88F4N8O4. The summed E-state index contributed by atoms with van der Waals surface area (Å²) >= 11 is 0. The van der Waals surface area contributed by atoms with Crippen molar-refractivity contribution in [3.8, 4) is 0 Å². The number of nitrogens with one attached hydrogen (secondary N) is 8. The molecule has 78 heavy (non-hydrogen) atoms. The monoisotopic (exact) mass is 1080 g/mol. The van der Waals surface area contributed by atoms with Crippen molar-refractivity contribution >= 4 is 23.6 Å². The molecule has 0 unspecified atom stereocenters. The molecule has 4 heterocycles. The number of carbonyl (C=O) groups excluding carboxylic acids is 4. The Hall–Kier alpha value is -5.68. The molecule has 8 N–H and O–H groups in total. The van der Waals surface area contributed by atoms with E-state index in [9.17, 15) is 36.7 Å². The van der Waals surface area contributed by atoms with Gasteiger partial charge in [-0.15, -0.1) is 0 Å². The van der Waals surface area contributed by atoms with Crippen LogP contribution in [0.3, 0.4) is 0 Å². The summed E-state index contributed by atoms with van der Waals surface area (Å²) < 4.78 is 52.6. The molecule has 428 valence electrons. The van der Waals surface area contributed by atoms with Crippen molar-refractivity contribution in [2.75, 3.05) is 26.2 Å². The van der Waals surface area contributed by atoms with E-state index in [0.717, 1.165) is 122 Å². The van der Waals surface area contributed by atoms with Crippen molar-refractivity contribution < 1.29 is 36.7 Å². The number of piperidine rings is 4. The molecule has 4 aliphatic rings. The number of benzene rings is 4. The fraction of sp³-hybridized carbons (Fsp3) is 0.548. The van der Waals surface area contributed by atoms with E-state index in [1.54, 1.807) is 24.3 Å². The van der Waals surface area contributed by atoms with Crippen LogP contribution in [0, 0.1) is 62.8 Å². The second kappa shape index (κ2) is 31.2. The first kappa shape index (κ1) is 63.2. The molecule has 4 aromatic carbocycles. The Kier molecular flexibility index (Phi) is 25.3. The quantitative estimate of drug-likeness (QED) is 0.0650. The molecule has 16 heteroatoms. The summed E-state index contributed by atoms with van der Waals surface area (Å²) in [6.45, 7) is 22.5. The predicted molar refractivity (Wildman–Crippen MR) is 302 cm³/mol. The smallest absolute Gasteiger partial charge is 0.222 e. The van der Waals surface area contributed by atoms with Gasteiger partial charge in [0, 0.05) is 73.0 Å². The minimum absolute atomic E-state index is 0.0101. The Morgan fingerprint density at radius 1 is 0.423 bits per heavy atom. The summed E-state index contributed by atoms with van der Waals surface area (Å²) in [5, 5.41) is 26.1. The molecule has 0 aromatic heterocycles. The molecule has 0 saturated carbocycles. The SMILES string of the molecule is CCC(=O)N[C@@H]1CCN[C@@H](c2ccc(F)cc2C)C1.CCC(=O)N[C@H]1CCN[C@@H](c2ccc(F)cc2C)C1.Cc1cc(F)ccc1[C@@H]1C[C@H](NC(=O)C(C)C)CCN1.Cc1cc(F)ccc1[C@H]1C[C@H](NC(=O)C(C)C)CCN1. The predicted octanol–water partition coefficient (Wildman–Crippen LogP) is 10.3. The lowest BCUT2D eigenvalue weighted by atomic mass is 9.91. The van der Waals surface area contributed by atoms with Crippen LogP contribution in [-0.2, 0) is 19.2 Å². The van der Waals surface area contributed by atoms with Crippen LogP contribution < -0.4 is 42.5 Å². The third-order valence-corrected chi connectivity index (χ3v) is 15.2. The van der Waals surface area contributed by atoms with Crippen LogP contribution in [0.1, 0.15) is 174 Å². The molecule has 0 aliphatic carbocycles. The molecule has 4 amide bonds. The lowest BCUT2D eigenvalue weighted by Crippen LogP contribution is -2.45. The van der Waals surface area contributed by atoms with Crippen LogP contribution in [0.15, 0.2) is 72.8 Å². The van der Waals surface area contributed by atoms with Crippen LogP contribution in [0.2, 0.25) is 0 Å². The Bertz CT molecular complexity index is 2420. The number of hydrogen-bond acceptors (Lipinski definition) is 8. The second-order valence-corrected chi connectivity index (χ2v) is 22.1. The van der Waals surface area contributed by atoms with E-state index in [0.29, 0.717) is 12.8 Å². The Morgan fingerprint density at radius 3 is 0.859 bits per heavy atom. The van der Waals surface area contributed by atoms with E-state index in [-0.39, 0.29) is 107 Å². The normalized spacial score (nSPS) is 23.0. The van der Waals surface area contributed by atoms with Crippen molar-refractivity contribution in [3.63, 3.8) is 0 Å². The van der Waals surface area contributed by atoms with Crippen LogP contribution >= 0.6 is 0 Å². The highest BCUT2D eigenvalue weighted by atomic mass is 19.1. The first-order chi connectivity index (χ1) is 37.1. The molecule has 4 saturated heterocycles. The highest BCUT2D eigenvalue weighted by Crippen LogP contribution is 2.30. The fourth-order valence-corrected chi connectivity index (χ4v) is 10.7. The molecule has 8 atom stereocenters. The average molecular weight is 1090 g/mol. The van der Waals surface area contributed by atoms with E-state index in [2.05, 4.69) is 42.5 Å². The minimum Gasteiger partial charge on any atom is -0.353 e. The van der Waals surface area contributed by atoms with Gasteiger partial charge in [0.25, 0.3) is 0 Å². The van der Waals surface area contributed by atoms with Gasteiger partial charge in [-0.05, 0) is 198 Å². The van der Waals surface area contributed by atoms with Gasteiger partial charge < -0.3 is 42.5 Å². The third-order valence-electron chi connectivity index (χ3n) is 15.2. The maximum Gasteiger partial charge on any atom is 0.222 e. The van der Waals surface area contributed by atoms with Crippen molar-refractivity contribution in [3.05, 3.63) is 141 Å². The molecule has 12 nitrogen and oxygen atoms in total. The minimum atomic E-state index is -0.202. The molecule has 0 spiro atoms. The van der Waals surface area contributed by atoms with Crippen molar-refractivity contribution in [1.29, 1.82) is 0 Å². The molecular weight excluding hydrogens is 997 g/mol. The lowest BCUT2D eigenvalue weighted by Gasteiger charge is -2.32. The molecule has 0 bridgehead atoms. The van der Waals surface area contributed by atoms with Gasteiger partial charge in [0.2, 0.25) is 23.6 Å². The van der Waals surface area contributed by atoms with Gasteiger partial charge in [0.1, 0.15) is 23.3 Å². The van der Waals surface area contributed by atoms with Crippen molar-refractivity contribution in [2.45, 2.75) is 182 Å². The first-order valence-corrected chi connectivity index (χ1v) is 28.3. The summed E-state index contributed by atoms with van der Waals surface area (Å²) in [6, 6.07) is 21.2. The van der Waals surface area contributed by atoms with E-state index >= 15 is 0 Å². The van der Waals surface area contributed by atoms with Crippen molar-refractivity contribution in [1.82, 2.24) is 42.5 Å². The highest BCUT2D eigenvalue weighted by molar-refractivity contribution is 5.78. The molecule has 4 aliphatic heterocycles. The second-order valence-electron chi connectivity index (χ2n) is 22.1. The third kappa shape index (κ3) is 19.9. The van der Waals surface area contributed by atoms with E-state index in [1.165, 1.54) is 24.3 Å². The Morgan fingerprint density at radius 2 is 0.654 bits per heavy atom. The summed E-state index contributed by atoms with van der Waals surface area (Å²) in [6.07, 6.45) is 8.23. The number of hydrogen-bond donors (Lipinski definition) is 8. The van der Waals surface area contributed by atoms with Crippen LogP contribution in [0.4, 0.5) is 17.6 Å². The number of amides is 4. The zero-order valence-corrected chi connectivity index (χ0v) is 47.7. The van der Waals surface area contributed by atoms with Crippen LogP contribution in [0.5, 0.6) is 0 Å². The number of carbonyl (C=O) groups is 4. The summed E-state index contributed by atoms with van der Waals surface area (Å²) in [7, 11) is 0.